The largest absolute Gasteiger partial charge is 0.442 e. The average Bonchev–Trinajstić information content (AvgIpc) is 2.50. The van der Waals surface area contributed by atoms with Crippen LogP contribution in [0.4, 0.5) is 4.79 Å². The molecule has 2 atom stereocenters. The van der Waals surface area contributed by atoms with Gasteiger partial charge in [-0.15, -0.1) is 0 Å². The van der Waals surface area contributed by atoms with Gasteiger partial charge < -0.3 is 24.6 Å². The Balaban J connectivity index is 2.18. The summed E-state index contributed by atoms with van der Waals surface area (Å²) in [4.78, 5) is 11.9. The van der Waals surface area contributed by atoms with Gasteiger partial charge in [-0.05, 0) is 65.9 Å². The Bertz CT molecular complexity index is 409. The number of aliphatic hydroxyl groups excluding tert-OH is 1. The van der Waals surface area contributed by atoms with Crippen LogP contribution in [-0.2, 0) is 14.2 Å². The molecule has 0 radical (unpaired) electrons. The number of allylic oxidation sites excluding steroid dienone is 1. The predicted octanol–water partition coefficient (Wildman–Crippen LogP) is 3.18. The molecule has 0 saturated carbocycles. The van der Waals surface area contributed by atoms with Crippen LogP contribution in [0.5, 0.6) is 0 Å². The minimum absolute atomic E-state index is 0.218. The first-order valence-corrected chi connectivity index (χ1v) is 9.33. The second kappa shape index (κ2) is 11.5. The van der Waals surface area contributed by atoms with Crippen LogP contribution in [0.2, 0.25) is 0 Å². The maximum Gasteiger partial charge on any atom is 0.407 e. The van der Waals surface area contributed by atoms with E-state index in [-0.39, 0.29) is 23.9 Å². The minimum atomic E-state index is -0.450. The predicted molar refractivity (Wildman–Crippen MR) is 97.6 cm³/mol. The van der Waals surface area contributed by atoms with E-state index in [1.807, 2.05) is 39.8 Å². The Kier molecular flexibility index (Phi) is 10.1. The minimum Gasteiger partial charge on any atom is -0.442 e. The molecule has 2 N–H and O–H groups in total. The highest BCUT2D eigenvalue weighted by Gasteiger charge is 2.19. The van der Waals surface area contributed by atoms with E-state index in [2.05, 4.69) is 5.32 Å². The van der Waals surface area contributed by atoms with Crippen molar-refractivity contribution in [3.05, 3.63) is 12.2 Å². The van der Waals surface area contributed by atoms with Crippen LogP contribution >= 0.6 is 0 Å². The van der Waals surface area contributed by atoms with Crippen LogP contribution in [0, 0.1) is 0 Å². The fraction of sp³-hybridized carbons (Fsp3) is 0.842. The molecule has 2 unspecified atom stereocenters. The van der Waals surface area contributed by atoms with Crippen LogP contribution in [0.1, 0.15) is 59.8 Å². The maximum atomic E-state index is 11.9. The zero-order chi connectivity index (χ0) is 18.7. The number of alkyl carbamates (subject to hydrolysis) is 1. The molecule has 6 nitrogen and oxygen atoms in total. The van der Waals surface area contributed by atoms with E-state index in [1.54, 1.807) is 0 Å². The fourth-order valence-corrected chi connectivity index (χ4v) is 2.50. The first-order valence-electron chi connectivity index (χ1n) is 9.33. The third-order valence-corrected chi connectivity index (χ3v) is 4.08. The molecule has 0 heterocycles. The van der Waals surface area contributed by atoms with Crippen molar-refractivity contribution in [3.8, 4) is 0 Å². The molecule has 0 aliphatic heterocycles. The standard InChI is InChI=1S/C19H35NO5/c1-15(2)23-13-11-19(3,4)24-14-12-20-18(22)25-17-8-6-5-7-16(21)9-10-17/h6,8,15-17,21H,5,7,9-14H2,1-4H3,(H,20,22)/b8-6+. The highest BCUT2D eigenvalue weighted by atomic mass is 16.6. The van der Waals surface area contributed by atoms with Crippen molar-refractivity contribution in [1.82, 2.24) is 5.32 Å². The molecule has 0 aromatic rings. The molecule has 0 fully saturated rings. The maximum absolute atomic E-state index is 11.9. The van der Waals surface area contributed by atoms with Crippen LogP contribution in [0.3, 0.4) is 0 Å². The molecule has 0 aromatic carbocycles. The summed E-state index contributed by atoms with van der Waals surface area (Å²) < 4.78 is 16.7. The van der Waals surface area contributed by atoms with E-state index < -0.39 is 6.09 Å². The number of ether oxygens (including phenoxy) is 3. The smallest absolute Gasteiger partial charge is 0.407 e. The van der Waals surface area contributed by atoms with Gasteiger partial charge in [0.25, 0.3) is 0 Å². The van der Waals surface area contributed by atoms with Gasteiger partial charge in [-0.3, -0.25) is 0 Å². The number of nitrogens with one attached hydrogen (secondary N) is 1. The van der Waals surface area contributed by atoms with Crippen LogP contribution in [0.25, 0.3) is 0 Å². The average molecular weight is 357 g/mol. The molecular formula is C19H35NO5. The lowest BCUT2D eigenvalue weighted by molar-refractivity contribution is -0.0457. The quantitative estimate of drug-likeness (QED) is 0.489. The molecule has 146 valence electrons. The summed E-state index contributed by atoms with van der Waals surface area (Å²) in [5.41, 5.74) is -0.293. The summed E-state index contributed by atoms with van der Waals surface area (Å²) in [6.45, 7) is 9.51. The van der Waals surface area contributed by atoms with Gasteiger partial charge in [-0.25, -0.2) is 4.79 Å². The van der Waals surface area contributed by atoms with Gasteiger partial charge in [0, 0.05) is 13.2 Å². The molecule has 1 rings (SSSR count). The number of amides is 1. The van der Waals surface area contributed by atoms with E-state index in [0.717, 1.165) is 19.3 Å². The van der Waals surface area contributed by atoms with Crippen molar-refractivity contribution in [2.45, 2.75) is 83.7 Å². The highest BCUT2D eigenvalue weighted by molar-refractivity contribution is 5.67. The third-order valence-electron chi connectivity index (χ3n) is 4.08. The number of aliphatic hydroxyl groups is 1. The van der Waals surface area contributed by atoms with Crippen molar-refractivity contribution >= 4 is 6.09 Å². The lowest BCUT2D eigenvalue weighted by atomic mass is 10.0. The number of carbonyl (C=O) groups excluding carboxylic acids is 1. The second-order valence-electron chi connectivity index (χ2n) is 7.38. The Morgan fingerprint density at radius 3 is 2.76 bits per heavy atom. The van der Waals surface area contributed by atoms with Crippen molar-refractivity contribution in [1.29, 1.82) is 0 Å². The van der Waals surface area contributed by atoms with Gasteiger partial charge in [0.2, 0.25) is 0 Å². The third kappa shape index (κ3) is 11.2. The fourth-order valence-electron chi connectivity index (χ4n) is 2.50. The molecular weight excluding hydrogens is 322 g/mol. The van der Waals surface area contributed by atoms with E-state index in [1.165, 1.54) is 0 Å². The normalized spacial score (nSPS) is 23.0. The van der Waals surface area contributed by atoms with Crippen LogP contribution < -0.4 is 5.32 Å². The topological polar surface area (TPSA) is 77.0 Å². The van der Waals surface area contributed by atoms with Crippen LogP contribution in [-0.4, -0.2) is 54.9 Å². The van der Waals surface area contributed by atoms with Gasteiger partial charge in [0.15, 0.2) is 0 Å². The summed E-state index contributed by atoms with van der Waals surface area (Å²) in [5.74, 6) is 0. The van der Waals surface area contributed by atoms with E-state index in [0.29, 0.717) is 32.6 Å². The summed E-state index contributed by atoms with van der Waals surface area (Å²) in [6, 6.07) is 0. The van der Waals surface area contributed by atoms with Gasteiger partial charge in [-0.1, -0.05) is 6.08 Å². The molecule has 25 heavy (non-hydrogen) atoms. The SMILES string of the molecule is CC(C)OCCC(C)(C)OCCNC(=O)OC1/C=C/CCC(O)CC1. The van der Waals surface area contributed by atoms with Gasteiger partial charge in [0.1, 0.15) is 6.10 Å². The Labute approximate surface area is 151 Å². The Morgan fingerprint density at radius 1 is 1.28 bits per heavy atom. The number of hydrogen-bond acceptors (Lipinski definition) is 5. The van der Waals surface area contributed by atoms with Crippen molar-refractivity contribution in [2.24, 2.45) is 0 Å². The lowest BCUT2D eigenvalue weighted by Gasteiger charge is -2.26. The van der Waals surface area contributed by atoms with Gasteiger partial charge in [0.05, 0.1) is 24.4 Å². The summed E-state index contributed by atoms with van der Waals surface area (Å²) in [7, 11) is 0. The van der Waals surface area contributed by atoms with E-state index in [9.17, 15) is 9.90 Å². The highest BCUT2D eigenvalue weighted by Crippen LogP contribution is 2.16. The van der Waals surface area contributed by atoms with E-state index in [4.69, 9.17) is 14.2 Å². The molecule has 1 aliphatic carbocycles. The summed E-state index contributed by atoms with van der Waals surface area (Å²) in [6.07, 6.45) is 6.72. The van der Waals surface area contributed by atoms with Gasteiger partial charge in [-0.2, -0.15) is 0 Å². The zero-order valence-corrected chi connectivity index (χ0v) is 16.1. The molecule has 0 saturated heterocycles. The first-order chi connectivity index (χ1) is 11.8. The molecule has 0 spiro atoms. The Morgan fingerprint density at radius 2 is 2.04 bits per heavy atom. The number of carbonyl (C=O) groups is 1. The van der Waals surface area contributed by atoms with Crippen molar-refractivity contribution in [2.75, 3.05) is 19.8 Å². The molecule has 1 aliphatic rings. The molecule has 0 bridgehead atoms. The number of hydrogen-bond donors (Lipinski definition) is 2. The summed E-state index contributed by atoms with van der Waals surface area (Å²) >= 11 is 0. The van der Waals surface area contributed by atoms with E-state index >= 15 is 0 Å². The summed E-state index contributed by atoms with van der Waals surface area (Å²) in [5, 5.41) is 12.4. The first kappa shape index (κ1) is 21.9. The molecule has 0 aromatic heterocycles. The number of rotatable bonds is 9. The van der Waals surface area contributed by atoms with Crippen molar-refractivity contribution in [3.63, 3.8) is 0 Å². The molecule has 6 heteroatoms. The second-order valence-corrected chi connectivity index (χ2v) is 7.38. The van der Waals surface area contributed by atoms with Gasteiger partial charge >= 0.3 is 6.09 Å². The zero-order valence-electron chi connectivity index (χ0n) is 16.1. The van der Waals surface area contributed by atoms with Crippen LogP contribution in [0.15, 0.2) is 12.2 Å². The van der Waals surface area contributed by atoms with Crippen molar-refractivity contribution < 1.29 is 24.1 Å². The monoisotopic (exact) mass is 357 g/mol. The lowest BCUT2D eigenvalue weighted by Crippen LogP contribution is -2.34. The Hall–Kier alpha value is -1.11. The molecule has 1 amide bonds.